The second kappa shape index (κ2) is 10.3. The number of methoxy groups -OCH3 is 1. The lowest BCUT2D eigenvalue weighted by atomic mass is 10.1. The van der Waals surface area contributed by atoms with E-state index < -0.39 is 6.04 Å². The van der Waals surface area contributed by atoms with Gasteiger partial charge in [0.1, 0.15) is 0 Å². The molecule has 146 valence electrons. The van der Waals surface area contributed by atoms with E-state index in [0.29, 0.717) is 31.9 Å². The smallest absolute Gasteiger partial charge is 0.331 e. The summed E-state index contributed by atoms with van der Waals surface area (Å²) in [6, 6.07) is 19.2. The van der Waals surface area contributed by atoms with Crippen molar-refractivity contribution < 1.29 is 14.3 Å². The molecule has 0 amide bonds. The first kappa shape index (κ1) is 19.7. The molecule has 28 heavy (non-hydrogen) atoms. The highest BCUT2D eigenvalue weighted by Crippen LogP contribution is 2.17. The van der Waals surface area contributed by atoms with Crippen LogP contribution in [0.1, 0.15) is 29.4 Å². The van der Waals surface area contributed by atoms with Crippen LogP contribution in [0.2, 0.25) is 0 Å². The first-order valence-electron chi connectivity index (χ1n) is 9.28. The van der Waals surface area contributed by atoms with Crippen LogP contribution in [0.3, 0.4) is 0 Å². The van der Waals surface area contributed by atoms with Crippen LogP contribution in [0.4, 0.5) is 0 Å². The molecule has 0 N–H and O–H groups in total. The van der Waals surface area contributed by atoms with Crippen molar-refractivity contribution in [3.8, 4) is 0 Å². The molecule has 3 rings (SSSR count). The molecular weight excluding hydrogens is 356 g/mol. The second-order valence-corrected chi connectivity index (χ2v) is 6.41. The van der Waals surface area contributed by atoms with E-state index >= 15 is 0 Å². The van der Waals surface area contributed by atoms with Gasteiger partial charge in [0.05, 0.1) is 13.7 Å². The fourth-order valence-electron chi connectivity index (χ4n) is 2.96. The largest absolute Gasteiger partial charge is 0.467 e. The molecule has 0 aliphatic carbocycles. The van der Waals surface area contributed by atoms with E-state index in [0.717, 1.165) is 17.5 Å². The van der Waals surface area contributed by atoms with Crippen LogP contribution in [0.15, 0.2) is 60.7 Å². The lowest BCUT2D eigenvalue weighted by Gasteiger charge is -2.16. The number of nitrogens with zero attached hydrogens (tertiary/aromatic N) is 4. The van der Waals surface area contributed by atoms with E-state index in [1.54, 1.807) is 4.68 Å². The monoisotopic (exact) mass is 380 g/mol. The molecule has 7 nitrogen and oxygen atoms in total. The maximum Gasteiger partial charge on any atom is 0.331 e. The van der Waals surface area contributed by atoms with Gasteiger partial charge in [0.25, 0.3) is 0 Å². The number of ether oxygens (including phenoxy) is 2. The third kappa shape index (κ3) is 5.47. The Morgan fingerprint density at radius 1 is 1.04 bits per heavy atom. The van der Waals surface area contributed by atoms with Gasteiger partial charge in [-0.1, -0.05) is 60.7 Å². The Morgan fingerprint density at radius 2 is 1.71 bits per heavy atom. The lowest BCUT2D eigenvalue weighted by molar-refractivity contribution is -0.145. The van der Waals surface area contributed by atoms with Gasteiger partial charge in [-0.3, -0.25) is 0 Å². The first-order valence-corrected chi connectivity index (χ1v) is 9.28. The minimum Gasteiger partial charge on any atom is -0.467 e. The van der Waals surface area contributed by atoms with Gasteiger partial charge >= 0.3 is 5.97 Å². The number of carbonyl (C=O) groups is 1. The summed E-state index contributed by atoms with van der Waals surface area (Å²) in [4.78, 5) is 12.3. The van der Waals surface area contributed by atoms with E-state index in [4.69, 9.17) is 9.47 Å². The number of esters is 1. The Bertz CT molecular complexity index is 852. The van der Waals surface area contributed by atoms with E-state index in [1.807, 2.05) is 60.7 Å². The second-order valence-electron chi connectivity index (χ2n) is 6.41. The maximum absolute atomic E-state index is 12.3. The molecule has 0 aliphatic heterocycles. The molecule has 1 heterocycles. The average molecular weight is 380 g/mol. The molecule has 2 aromatic carbocycles. The van der Waals surface area contributed by atoms with Crippen LogP contribution in [-0.4, -0.2) is 39.9 Å². The molecule has 0 bridgehead atoms. The molecule has 0 saturated carbocycles. The maximum atomic E-state index is 12.3. The Labute approximate surface area is 164 Å². The molecule has 0 unspecified atom stereocenters. The number of tetrazole rings is 1. The summed E-state index contributed by atoms with van der Waals surface area (Å²) in [6.45, 7) is 1.16. The summed E-state index contributed by atoms with van der Waals surface area (Å²) in [5.74, 6) is 0.285. The quantitative estimate of drug-likeness (QED) is 0.397. The molecule has 0 fully saturated rings. The fraction of sp³-hybridized carbons (Fsp3) is 0.333. The minimum atomic E-state index is -0.595. The predicted octanol–water partition coefficient (Wildman–Crippen LogP) is 2.78. The van der Waals surface area contributed by atoms with Gasteiger partial charge in [0.2, 0.25) is 0 Å². The topological polar surface area (TPSA) is 79.1 Å². The normalized spacial score (nSPS) is 11.9. The highest BCUT2D eigenvalue weighted by molar-refractivity contribution is 5.74. The van der Waals surface area contributed by atoms with Crippen molar-refractivity contribution in [1.29, 1.82) is 0 Å². The van der Waals surface area contributed by atoms with Crippen molar-refractivity contribution in [2.75, 3.05) is 13.7 Å². The van der Waals surface area contributed by atoms with Gasteiger partial charge < -0.3 is 9.47 Å². The Hall–Kier alpha value is -3.06. The van der Waals surface area contributed by atoms with Crippen LogP contribution >= 0.6 is 0 Å². The van der Waals surface area contributed by atoms with Crippen LogP contribution in [-0.2, 0) is 33.7 Å². The zero-order chi connectivity index (χ0) is 19.6. The van der Waals surface area contributed by atoms with E-state index in [1.165, 1.54) is 7.11 Å². The van der Waals surface area contributed by atoms with Gasteiger partial charge in [0, 0.05) is 19.4 Å². The number of aromatic nitrogens is 4. The van der Waals surface area contributed by atoms with Gasteiger partial charge in [0.15, 0.2) is 11.9 Å². The molecule has 0 spiro atoms. The number of aryl methyl sites for hydroxylation is 1. The van der Waals surface area contributed by atoms with Gasteiger partial charge in [-0.05, 0) is 28.0 Å². The van der Waals surface area contributed by atoms with E-state index in [2.05, 4.69) is 15.5 Å². The molecular formula is C21H24N4O3. The number of benzene rings is 2. The summed E-state index contributed by atoms with van der Waals surface area (Å²) in [7, 11) is 1.38. The molecule has 1 aromatic heterocycles. The van der Waals surface area contributed by atoms with Crippen LogP contribution in [0.5, 0.6) is 0 Å². The molecule has 0 radical (unpaired) electrons. The third-order valence-corrected chi connectivity index (χ3v) is 4.40. The van der Waals surface area contributed by atoms with Crippen molar-refractivity contribution in [2.24, 2.45) is 0 Å². The fourth-order valence-corrected chi connectivity index (χ4v) is 2.96. The predicted molar refractivity (Wildman–Crippen MR) is 103 cm³/mol. The lowest BCUT2D eigenvalue weighted by Crippen LogP contribution is -2.26. The highest BCUT2D eigenvalue weighted by Gasteiger charge is 2.26. The Kier molecular flexibility index (Phi) is 7.26. The van der Waals surface area contributed by atoms with Gasteiger partial charge in [-0.2, -0.15) is 0 Å². The summed E-state index contributed by atoms with van der Waals surface area (Å²) >= 11 is 0. The van der Waals surface area contributed by atoms with E-state index in [9.17, 15) is 4.79 Å². The van der Waals surface area contributed by atoms with Crippen LogP contribution in [0, 0.1) is 0 Å². The van der Waals surface area contributed by atoms with Gasteiger partial charge in [-0.25, -0.2) is 9.48 Å². The van der Waals surface area contributed by atoms with Crippen molar-refractivity contribution >= 4 is 5.97 Å². The van der Waals surface area contributed by atoms with Crippen molar-refractivity contribution in [3.63, 3.8) is 0 Å². The van der Waals surface area contributed by atoms with Gasteiger partial charge in [-0.15, -0.1) is 5.10 Å². The first-order chi connectivity index (χ1) is 13.8. The van der Waals surface area contributed by atoms with Crippen LogP contribution < -0.4 is 0 Å². The molecule has 7 heteroatoms. The number of hydrogen-bond acceptors (Lipinski definition) is 6. The van der Waals surface area contributed by atoms with Crippen molar-refractivity contribution in [1.82, 2.24) is 20.2 Å². The van der Waals surface area contributed by atoms with E-state index in [-0.39, 0.29) is 5.97 Å². The molecule has 0 saturated heterocycles. The third-order valence-electron chi connectivity index (χ3n) is 4.40. The number of hydrogen-bond donors (Lipinski definition) is 0. The minimum absolute atomic E-state index is 0.363. The number of carbonyl (C=O) groups excluding carboxylic acids is 1. The Balaban J connectivity index is 1.57. The summed E-state index contributed by atoms with van der Waals surface area (Å²) in [5, 5.41) is 11.9. The molecule has 0 aliphatic rings. The molecule has 3 aromatic rings. The molecule has 1 atom stereocenters. The van der Waals surface area contributed by atoms with Crippen molar-refractivity contribution in [2.45, 2.75) is 31.9 Å². The highest BCUT2D eigenvalue weighted by atomic mass is 16.5. The zero-order valence-corrected chi connectivity index (χ0v) is 15.9. The summed E-state index contributed by atoms with van der Waals surface area (Å²) in [6.07, 6.45) is 1.84. The van der Waals surface area contributed by atoms with Crippen LogP contribution in [0.25, 0.3) is 0 Å². The zero-order valence-electron chi connectivity index (χ0n) is 15.9. The summed E-state index contributed by atoms with van der Waals surface area (Å²) in [5.41, 5.74) is 2.16. The standard InChI is InChI=1S/C21H24N4O3/c1-27-21(26)19(15-17-9-4-2-5-10-17)25-20(22-23-24-25)13-8-14-28-16-18-11-6-3-7-12-18/h2-7,9-12,19H,8,13-16H2,1H3/t19-/m1/s1. The summed E-state index contributed by atoms with van der Waals surface area (Å²) < 4.78 is 12.3. The SMILES string of the molecule is COC(=O)[C@@H](Cc1ccccc1)n1nnnc1CCCOCc1ccccc1. The van der Waals surface area contributed by atoms with Crippen molar-refractivity contribution in [3.05, 3.63) is 77.6 Å². The average Bonchev–Trinajstić information content (AvgIpc) is 3.21. The Morgan fingerprint density at radius 3 is 2.39 bits per heavy atom. The number of rotatable bonds is 10.